The van der Waals surface area contributed by atoms with Gasteiger partial charge in [-0.2, -0.15) is 0 Å². The standard InChI is InChI=1S/C8H9NO2S/c10-8(7-2-1-5-12-7)9-3-4-11-6-9/h1-2,5H,3-4,6H2. The molecule has 2 rings (SSSR count). The minimum absolute atomic E-state index is 0.0856. The molecule has 64 valence electrons. The van der Waals surface area contributed by atoms with Crippen molar-refractivity contribution in [1.82, 2.24) is 4.90 Å². The number of amides is 1. The molecular weight excluding hydrogens is 174 g/mol. The topological polar surface area (TPSA) is 29.5 Å². The van der Waals surface area contributed by atoms with Crippen LogP contribution >= 0.6 is 11.3 Å². The molecule has 1 aliphatic heterocycles. The highest BCUT2D eigenvalue weighted by molar-refractivity contribution is 7.12. The number of nitrogens with zero attached hydrogens (tertiary/aromatic N) is 1. The monoisotopic (exact) mass is 183 g/mol. The van der Waals surface area contributed by atoms with Gasteiger partial charge in [0.05, 0.1) is 11.5 Å². The number of carbonyl (C=O) groups is 1. The van der Waals surface area contributed by atoms with Crippen LogP contribution < -0.4 is 0 Å². The Morgan fingerprint density at radius 2 is 2.58 bits per heavy atom. The summed E-state index contributed by atoms with van der Waals surface area (Å²) in [6.45, 7) is 1.82. The summed E-state index contributed by atoms with van der Waals surface area (Å²) in [5.74, 6) is 0.0856. The number of ether oxygens (including phenoxy) is 1. The maximum absolute atomic E-state index is 11.6. The van der Waals surface area contributed by atoms with E-state index < -0.39 is 0 Å². The number of hydrogen-bond acceptors (Lipinski definition) is 3. The molecule has 1 saturated heterocycles. The predicted octanol–water partition coefficient (Wildman–Crippen LogP) is 1.18. The molecule has 0 atom stereocenters. The van der Waals surface area contributed by atoms with Gasteiger partial charge in [-0.15, -0.1) is 11.3 Å². The molecule has 1 aromatic rings. The van der Waals surface area contributed by atoms with Crippen molar-refractivity contribution in [2.45, 2.75) is 0 Å². The first-order chi connectivity index (χ1) is 5.88. The van der Waals surface area contributed by atoms with Crippen LogP contribution in [0.1, 0.15) is 9.67 Å². The molecule has 0 unspecified atom stereocenters. The summed E-state index contributed by atoms with van der Waals surface area (Å²) >= 11 is 1.47. The van der Waals surface area contributed by atoms with Gasteiger partial charge in [0.1, 0.15) is 6.73 Å². The van der Waals surface area contributed by atoms with Crippen molar-refractivity contribution in [3.05, 3.63) is 22.4 Å². The third-order valence-corrected chi connectivity index (χ3v) is 2.63. The molecule has 0 bridgehead atoms. The maximum Gasteiger partial charge on any atom is 0.265 e. The van der Waals surface area contributed by atoms with Crippen LogP contribution in [0, 0.1) is 0 Å². The van der Waals surface area contributed by atoms with E-state index in [1.807, 2.05) is 17.5 Å². The molecule has 1 fully saturated rings. The summed E-state index contributed by atoms with van der Waals surface area (Å²) in [6, 6.07) is 3.72. The molecule has 12 heavy (non-hydrogen) atoms. The molecule has 0 N–H and O–H groups in total. The summed E-state index contributed by atoms with van der Waals surface area (Å²) in [5, 5.41) is 1.91. The van der Waals surface area contributed by atoms with Gasteiger partial charge in [-0.1, -0.05) is 6.07 Å². The summed E-state index contributed by atoms with van der Waals surface area (Å²) in [4.78, 5) is 14.1. The van der Waals surface area contributed by atoms with Crippen LogP contribution in [0.4, 0.5) is 0 Å². The zero-order valence-electron chi connectivity index (χ0n) is 6.53. The fourth-order valence-electron chi connectivity index (χ4n) is 1.13. The molecule has 0 aliphatic carbocycles. The van der Waals surface area contributed by atoms with Crippen molar-refractivity contribution >= 4 is 17.2 Å². The van der Waals surface area contributed by atoms with Crippen LogP contribution in [0.15, 0.2) is 17.5 Å². The van der Waals surface area contributed by atoms with Gasteiger partial charge in [-0.25, -0.2) is 0 Å². The van der Waals surface area contributed by atoms with E-state index >= 15 is 0 Å². The maximum atomic E-state index is 11.6. The molecule has 1 aromatic heterocycles. The zero-order chi connectivity index (χ0) is 8.39. The fraction of sp³-hybridized carbons (Fsp3) is 0.375. The smallest absolute Gasteiger partial charge is 0.265 e. The number of thiophene rings is 1. The first kappa shape index (κ1) is 7.76. The SMILES string of the molecule is O=C(c1cccs1)N1CCOC1. The van der Waals surface area contributed by atoms with E-state index in [1.54, 1.807) is 4.90 Å². The van der Waals surface area contributed by atoms with E-state index in [9.17, 15) is 4.79 Å². The lowest BCUT2D eigenvalue weighted by Gasteiger charge is -2.10. The van der Waals surface area contributed by atoms with Gasteiger partial charge >= 0.3 is 0 Å². The van der Waals surface area contributed by atoms with Crippen molar-refractivity contribution < 1.29 is 9.53 Å². The lowest BCUT2D eigenvalue weighted by atomic mass is 10.4. The molecule has 3 nitrogen and oxygen atoms in total. The van der Waals surface area contributed by atoms with Crippen LogP contribution in [0.3, 0.4) is 0 Å². The Bertz CT molecular complexity index is 265. The zero-order valence-corrected chi connectivity index (χ0v) is 7.34. The Balaban J connectivity index is 2.09. The summed E-state index contributed by atoms with van der Waals surface area (Å²) in [6.07, 6.45) is 0. The molecule has 1 aliphatic rings. The van der Waals surface area contributed by atoms with Gasteiger partial charge in [-0.3, -0.25) is 4.79 Å². The average molecular weight is 183 g/mol. The Morgan fingerprint density at radius 1 is 1.67 bits per heavy atom. The summed E-state index contributed by atoms with van der Waals surface area (Å²) < 4.78 is 5.09. The first-order valence-corrected chi connectivity index (χ1v) is 4.66. The van der Waals surface area contributed by atoms with Gasteiger partial charge in [-0.05, 0) is 11.4 Å². The van der Waals surface area contributed by atoms with Gasteiger partial charge in [0.25, 0.3) is 5.91 Å². The predicted molar refractivity (Wildman–Crippen MR) is 46.2 cm³/mol. The molecule has 0 spiro atoms. The van der Waals surface area contributed by atoms with E-state index in [-0.39, 0.29) is 5.91 Å². The quantitative estimate of drug-likeness (QED) is 0.654. The van der Waals surface area contributed by atoms with E-state index in [0.717, 1.165) is 11.4 Å². The van der Waals surface area contributed by atoms with E-state index in [1.165, 1.54) is 11.3 Å². The molecule has 0 radical (unpaired) electrons. The number of hydrogen-bond donors (Lipinski definition) is 0. The van der Waals surface area contributed by atoms with Crippen LogP contribution in [0.2, 0.25) is 0 Å². The minimum atomic E-state index is 0.0856. The molecule has 0 saturated carbocycles. The summed E-state index contributed by atoms with van der Waals surface area (Å²) in [7, 11) is 0. The Hall–Kier alpha value is -0.870. The Morgan fingerprint density at radius 3 is 3.17 bits per heavy atom. The van der Waals surface area contributed by atoms with E-state index in [4.69, 9.17) is 4.74 Å². The second-order valence-electron chi connectivity index (χ2n) is 2.58. The van der Waals surface area contributed by atoms with Crippen molar-refractivity contribution in [3.8, 4) is 0 Å². The number of rotatable bonds is 1. The third kappa shape index (κ3) is 1.35. The average Bonchev–Trinajstić information content (AvgIpc) is 2.77. The highest BCUT2D eigenvalue weighted by Gasteiger charge is 2.20. The second-order valence-corrected chi connectivity index (χ2v) is 3.53. The normalized spacial score (nSPS) is 16.8. The Kier molecular flexibility index (Phi) is 2.10. The molecule has 4 heteroatoms. The largest absolute Gasteiger partial charge is 0.359 e. The lowest BCUT2D eigenvalue weighted by molar-refractivity contribution is 0.0699. The van der Waals surface area contributed by atoms with Gasteiger partial charge < -0.3 is 9.64 Å². The van der Waals surface area contributed by atoms with Crippen LogP contribution in [-0.4, -0.2) is 30.7 Å². The fourth-order valence-corrected chi connectivity index (χ4v) is 1.82. The lowest BCUT2D eigenvalue weighted by Crippen LogP contribution is -2.27. The first-order valence-electron chi connectivity index (χ1n) is 3.78. The van der Waals surface area contributed by atoms with Gasteiger partial charge in [0.15, 0.2) is 0 Å². The molecular formula is C8H9NO2S. The van der Waals surface area contributed by atoms with Crippen molar-refractivity contribution in [2.24, 2.45) is 0 Å². The van der Waals surface area contributed by atoms with Gasteiger partial charge in [0.2, 0.25) is 0 Å². The van der Waals surface area contributed by atoms with E-state index in [0.29, 0.717) is 13.3 Å². The van der Waals surface area contributed by atoms with Crippen molar-refractivity contribution in [2.75, 3.05) is 19.9 Å². The highest BCUT2D eigenvalue weighted by Crippen LogP contribution is 2.13. The van der Waals surface area contributed by atoms with Crippen LogP contribution in [0.5, 0.6) is 0 Å². The van der Waals surface area contributed by atoms with Crippen LogP contribution in [-0.2, 0) is 4.74 Å². The van der Waals surface area contributed by atoms with Crippen LogP contribution in [0.25, 0.3) is 0 Å². The molecule has 2 heterocycles. The summed E-state index contributed by atoms with van der Waals surface area (Å²) in [5.41, 5.74) is 0. The number of carbonyl (C=O) groups excluding carboxylic acids is 1. The molecule has 1 amide bonds. The third-order valence-electron chi connectivity index (χ3n) is 1.77. The van der Waals surface area contributed by atoms with E-state index in [2.05, 4.69) is 0 Å². The highest BCUT2D eigenvalue weighted by atomic mass is 32.1. The Labute approximate surface area is 74.6 Å². The van der Waals surface area contributed by atoms with Crippen molar-refractivity contribution in [3.63, 3.8) is 0 Å². The minimum Gasteiger partial charge on any atom is -0.359 e. The van der Waals surface area contributed by atoms with Gasteiger partial charge in [0, 0.05) is 6.54 Å². The molecule has 0 aromatic carbocycles. The van der Waals surface area contributed by atoms with Crippen molar-refractivity contribution in [1.29, 1.82) is 0 Å². The second kappa shape index (κ2) is 3.25.